The molecule has 0 radical (unpaired) electrons. The number of methoxy groups -OCH3 is 1. The van der Waals surface area contributed by atoms with Crippen molar-refractivity contribution < 1.29 is 19.1 Å². The van der Waals surface area contributed by atoms with Crippen LogP contribution in [0.25, 0.3) is 0 Å². The molecule has 6 heteroatoms. The summed E-state index contributed by atoms with van der Waals surface area (Å²) >= 11 is 0. The fraction of sp³-hybridized carbons (Fsp3) is 0.550. The van der Waals surface area contributed by atoms with Gasteiger partial charge in [0.25, 0.3) is 0 Å². The maximum atomic E-state index is 12.5. The first-order chi connectivity index (χ1) is 12.5. The minimum atomic E-state index is -0.472. The molecular weight excluding hydrogens is 332 g/mol. The van der Waals surface area contributed by atoms with Crippen LogP contribution in [-0.4, -0.2) is 42.9 Å². The van der Waals surface area contributed by atoms with E-state index in [2.05, 4.69) is 5.32 Å². The number of carbonyl (C=O) groups is 3. The quantitative estimate of drug-likeness (QED) is 0.791. The number of ether oxygens (including phenoxy) is 1. The summed E-state index contributed by atoms with van der Waals surface area (Å²) in [6, 6.07) is 7.19. The van der Waals surface area contributed by atoms with Crippen molar-refractivity contribution in [2.45, 2.75) is 51.5 Å². The van der Waals surface area contributed by atoms with Crippen molar-refractivity contribution in [3.8, 4) is 0 Å². The first-order valence-corrected chi connectivity index (χ1v) is 9.20. The molecule has 1 aliphatic rings. The van der Waals surface area contributed by atoms with Gasteiger partial charge in [-0.3, -0.25) is 14.4 Å². The Kier molecular flexibility index (Phi) is 7.63. The first kappa shape index (κ1) is 19.9. The highest BCUT2D eigenvalue weighted by atomic mass is 16.5. The summed E-state index contributed by atoms with van der Waals surface area (Å²) in [5.41, 5.74) is 1.94. The van der Waals surface area contributed by atoms with E-state index in [0.717, 1.165) is 36.8 Å². The van der Waals surface area contributed by atoms with Gasteiger partial charge in [-0.25, -0.2) is 0 Å². The third-order valence-electron chi connectivity index (χ3n) is 4.67. The SMILES string of the molecule is COC(=O)CC(NC(=O)CN1CCCCCCC1=O)c1ccc(C)cc1. The van der Waals surface area contributed by atoms with Gasteiger partial charge in [0.2, 0.25) is 11.8 Å². The molecule has 1 aromatic carbocycles. The number of likely N-dealkylation sites (tertiary alicyclic amines) is 1. The average Bonchev–Trinajstić information content (AvgIpc) is 2.61. The van der Waals surface area contributed by atoms with Crippen LogP contribution < -0.4 is 5.32 Å². The van der Waals surface area contributed by atoms with Gasteiger partial charge in [-0.1, -0.05) is 42.7 Å². The third kappa shape index (κ3) is 6.17. The van der Waals surface area contributed by atoms with Crippen LogP contribution in [0.15, 0.2) is 24.3 Å². The molecule has 0 spiro atoms. The van der Waals surface area contributed by atoms with E-state index in [1.54, 1.807) is 4.90 Å². The lowest BCUT2D eigenvalue weighted by Crippen LogP contribution is -2.43. The Balaban J connectivity index is 2.03. The number of nitrogens with zero attached hydrogens (tertiary/aromatic N) is 1. The summed E-state index contributed by atoms with van der Waals surface area (Å²) in [7, 11) is 1.33. The molecule has 1 N–H and O–H groups in total. The Morgan fingerprint density at radius 3 is 2.54 bits per heavy atom. The lowest BCUT2D eigenvalue weighted by molar-refractivity contribution is -0.142. The fourth-order valence-corrected chi connectivity index (χ4v) is 3.10. The van der Waals surface area contributed by atoms with Gasteiger partial charge in [0.1, 0.15) is 0 Å². The Hall–Kier alpha value is -2.37. The lowest BCUT2D eigenvalue weighted by Gasteiger charge is -2.26. The second kappa shape index (κ2) is 9.94. The summed E-state index contributed by atoms with van der Waals surface area (Å²) < 4.78 is 4.75. The monoisotopic (exact) mass is 360 g/mol. The van der Waals surface area contributed by atoms with Crippen LogP contribution in [0.4, 0.5) is 0 Å². The molecule has 1 heterocycles. The third-order valence-corrected chi connectivity index (χ3v) is 4.67. The number of carbonyl (C=O) groups excluding carboxylic acids is 3. The van der Waals surface area contributed by atoms with Crippen molar-refractivity contribution in [2.24, 2.45) is 0 Å². The van der Waals surface area contributed by atoms with Crippen molar-refractivity contribution in [3.05, 3.63) is 35.4 Å². The highest BCUT2D eigenvalue weighted by molar-refractivity contribution is 5.85. The highest BCUT2D eigenvalue weighted by Crippen LogP contribution is 2.18. The zero-order chi connectivity index (χ0) is 18.9. The molecule has 0 aromatic heterocycles. The number of rotatable bonds is 6. The molecule has 2 rings (SSSR count). The number of esters is 1. The molecule has 6 nitrogen and oxygen atoms in total. The number of benzene rings is 1. The molecule has 0 aliphatic carbocycles. The molecule has 2 amide bonds. The van der Waals surface area contributed by atoms with Crippen molar-refractivity contribution >= 4 is 17.8 Å². The Morgan fingerprint density at radius 1 is 1.15 bits per heavy atom. The van der Waals surface area contributed by atoms with Crippen molar-refractivity contribution in [1.29, 1.82) is 0 Å². The van der Waals surface area contributed by atoms with Crippen molar-refractivity contribution in [3.63, 3.8) is 0 Å². The molecule has 1 unspecified atom stereocenters. The maximum absolute atomic E-state index is 12.5. The summed E-state index contributed by atoms with van der Waals surface area (Å²) in [6.45, 7) is 2.62. The van der Waals surface area contributed by atoms with Gasteiger partial charge in [-0.2, -0.15) is 0 Å². The molecule has 1 fully saturated rings. The van der Waals surface area contributed by atoms with Gasteiger partial charge in [0.05, 0.1) is 26.1 Å². The van der Waals surface area contributed by atoms with Gasteiger partial charge < -0.3 is 15.0 Å². The molecule has 1 aromatic rings. The van der Waals surface area contributed by atoms with Crippen molar-refractivity contribution in [2.75, 3.05) is 20.2 Å². The van der Waals surface area contributed by atoms with Gasteiger partial charge >= 0.3 is 5.97 Å². The molecular formula is C20H28N2O4. The standard InChI is InChI=1S/C20H28N2O4/c1-15-8-10-16(11-9-15)17(13-20(25)26-2)21-18(23)14-22-12-6-4-3-5-7-19(22)24/h8-11,17H,3-7,12-14H2,1-2H3,(H,21,23). The molecule has 142 valence electrons. The average molecular weight is 360 g/mol. The normalized spacial score (nSPS) is 16.4. The van der Waals surface area contributed by atoms with Gasteiger partial charge in [-0.15, -0.1) is 0 Å². The minimum absolute atomic E-state index is 0.0275. The summed E-state index contributed by atoms with van der Waals surface area (Å²) in [6.07, 6.45) is 4.50. The van der Waals surface area contributed by atoms with Crippen LogP contribution in [0, 0.1) is 6.92 Å². The van der Waals surface area contributed by atoms with E-state index in [0.29, 0.717) is 13.0 Å². The lowest BCUT2D eigenvalue weighted by atomic mass is 10.0. The number of amides is 2. The summed E-state index contributed by atoms with van der Waals surface area (Å²) in [5.74, 6) is -0.619. The number of hydrogen-bond acceptors (Lipinski definition) is 4. The Labute approximate surface area is 154 Å². The molecule has 0 bridgehead atoms. The van der Waals surface area contributed by atoms with Gasteiger partial charge in [0, 0.05) is 13.0 Å². The zero-order valence-electron chi connectivity index (χ0n) is 15.6. The number of aryl methyl sites for hydroxylation is 1. The molecule has 26 heavy (non-hydrogen) atoms. The summed E-state index contributed by atoms with van der Waals surface area (Å²) in [5, 5.41) is 2.89. The second-order valence-electron chi connectivity index (χ2n) is 6.79. The second-order valence-corrected chi connectivity index (χ2v) is 6.79. The predicted octanol–water partition coefficient (Wildman–Crippen LogP) is 2.51. The smallest absolute Gasteiger partial charge is 0.307 e. The minimum Gasteiger partial charge on any atom is -0.469 e. The van der Waals surface area contributed by atoms with E-state index in [1.165, 1.54) is 7.11 Å². The first-order valence-electron chi connectivity index (χ1n) is 9.20. The van der Waals surface area contributed by atoms with Gasteiger partial charge in [0.15, 0.2) is 0 Å². The molecule has 1 atom stereocenters. The van der Waals surface area contributed by atoms with E-state index < -0.39 is 12.0 Å². The predicted molar refractivity (Wildman–Crippen MR) is 98.4 cm³/mol. The van der Waals surface area contributed by atoms with Crippen LogP contribution in [0.5, 0.6) is 0 Å². The van der Waals surface area contributed by atoms with Crippen LogP contribution >= 0.6 is 0 Å². The van der Waals surface area contributed by atoms with Crippen LogP contribution in [0.2, 0.25) is 0 Å². The van der Waals surface area contributed by atoms with E-state index in [-0.39, 0.29) is 24.8 Å². The van der Waals surface area contributed by atoms with E-state index in [1.807, 2.05) is 31.2 Å². The van der Waals surface area contributed by atoms with Crippen LogP contribution in [0.3, 0.4) is 0 Å². The molecule has 0 saturated carbocycles. The summed E-state index contributed by atoms with van der Waals surface area (Å²) in [4.78, 5) is 38.1. The topological polar surface area (TPSA) is 75.7 Å². The van der Waals surface area contributed by atoms with Crippen LogP contribution in [-0.2, 0) is 19.1 Å². The van der Waals surface area contributed by atoms with Gasteiger partial charge in [-0.05, 0) is 25.3 Å². The number of nitrogens with one attached hydrogen (secondary N) is 1. The number of hydrogen-bond donors (Lipinski definition) is 1. The van der Waals surface area contributed by atoms with Crippen molar-refractivity contribution in [1.82, 2.24) is 10.2 Å². The van der Waals surface area contributed by atoms with E-state index in [4.69, 9.17) is 4.74 Å². The molecule has 1 aliphatic heterocycles. The van der Waals surface area contributed by atoms with E-state index in [9.17, 15) is 14.4 Å². The van der Waals surface area contributed by atoms with Crippen LogP contribution in [0.1, 0.15) is 55.7 Å². The fourth-order valence-electron chi connectivity index (χ4n) is 3.10. The Bertz CT molecular complexity index is 627. The zero-order valence-corrected chi connectivity index (χ0v) is 15.6. The largest absolute Gasteiger partial charge is 0.469 e. The maximum Gasteiger partial charge on any atom is 0.307 e. The van der Waals surface area contributed by atoms with E-state index >= 15 is 0 Å². The highest BCUT2D eigenvalue weighted by Gasteiger charge is 2.22. The molecule has 1 saturated heterocycles. The Morgan fingerprint density at radius 2 is 1.85 bits per heavy atom.